The zero-order valence-corrected chi connectivity index (χ0v) is 14.5. The van der Waals surface area contributed by atoms with E-state index >= 15 is 0 Å². The van der Waals surface area contributed by atoms with Crippen LogP contribution in [0.1, 0.15) is 10.4 Å². The molecule has 0 unspecified atom stereocenters. The normalized spacial score (nSPS) is 10.0. The molecule has 0 saturated heterocycles. The van der Waals surface area contributed by atoms with E-state index in [-0.39, 0.29) is 12.5 Å². The summed E-state index contributed by atoms with van der Waals surface area (Å²) in [4.78, 5) is 14.8. The molecule has 0 fully saturated rings. The number of thiophene rings is 1. The van der Waals surface area contributed by atoms with E-state index in [0.717, 1.165) is 14.9 Å². The summed E-state index contributed by atoms with van der Waals surface area (Å²) in [5.74, 6) is 0.549. The Kier molecular flexibility index (Phi) is 5.99. The summed E-state index contributed by atoms with van der Waals surface area (Å²) < 4.78 is 6.51. The highest BCUT2D eigenvalue weighted by molar-refractivity contribution is 9.10. The van der Waals surface area contributed by atoms with Gasteiger partial charge in [-0.3, -0.25) is 4.79 Å². The van der Waals surface area contributed by atoms with Crippen LogP contribution in [-0.2, 0) is 17.8 Å². The van der Waals surface area contributed by atoms with E-state index in [2.05, 4.69) is 22.0 Å². The Hall–Kier alpha value is -1.84. The molecule has 0 atom stereocenters. The Morgan fingerprint density at radius 3 is 2.73 bits per heavy atom. The van der Waals surface area contributed by atoms with Gasteiger partial charge < -0.3 is 9.64 Å². The molecule has 0 aliphatic rings. The van der Waals surface area contributed by atoms with Crippen LogP contribution in [0, 0.1) is 11.3 Å². The number of carbonyl (C=O) groups is 1. The van der Waals surface area contributed by atoms with Crippen LogP contribution in [0.5, 0.6) is 5.75 Å². The second-order valence-corrected chi connectivity index (χ2v) is 6.66. The molecule has 22 heavy (non-hydrogen) atoms. The van der Waals surface area contributed by atoms with Crippen LogP contribution in [0.15, 0.2) is 40.2 Å². The molecule has 2 rings (SSSR count). The van der Waals surface area contributed by atoms with Crippen LogP contribution < -0.4 is 4.74 Å². The highest BCUT2D eigenvalue weighted by Crippen LogP contribution is 2.21. The lowest BCUT2D eigenvalue weighted by Gasteiger charge is -2.16. The molecule has 6 heteroatoms. The van der Waals surface area contributed by atoms with Gasteiger partial charge in [-0.1, -0.05) is 12.1 Å². The molecule has 0 saturated carbocycles. The summed E-state index contributed by atoms with van der Waals surface area (Å²) in [5.41, 5.74) is 0.932. The molecular weight excluding hydrogens is 364 g/mol. The topological polar surface area (TPSA) is 53.3 Å². The molecule has 0 N–H and O–H groups in total. The van der Waals surface area contributed by atoms with Crippen molar-refractivity contribution in [2.75, 3.05) is 13.7 Å². The maximum atomic E-state index is 12.0. The number of rotatable bonds is 6. The van der Waals surface area contributed by atoms with Gasteiger partial charge in [-0.05, 0) is 39.7 Å². The molecule has 1 heterocycles. The lowest BCUT2D eigenvalue weighted by Crippen LogP contribution is -2.30. The minimum absolute atomic E-state index is 0.000636. The van der Waals surface area contributed by atoms with E-state index in [9.17, 15) is 4.79 Å². The van der Waals surface area contributed by atoms with Gasteiger partial charge in [0, 0.05) is 21.8 Å². The van der Waals surface area contributed by atoms with Gasteiger partial charge in [0.25, 0.3) is 5.91 Å². The standard InChI is InChI=1S/C16H15BrN2O2S/c1-19(9-15-8-13(17)11-22-15)16(20)10-21-14-4-2-12(3-5-14)6-7-18/h2-5,8,11H,6,9-10H2,1H3. The Morgan fingerprint density at radius 1 is 1.41 bits per heavy atom. The van der Waals surface area contributed by atoms with E-state index in [1.165, 1.54) is 0 Å². The Labute approximate surface area is 142 Å². The average Bonchev–Trinajstić information content (AvgIpc) is 2.91. The first-order valence-electron chi connectivity index (χ1n) is 6.64. The number of carbonyl (C=O) groups excluding carboxylic acids is 1. The maximum Gasteiger partial charge on any atom is 0.260 e. The van der Waals surface area contributed by atoms with Crippen molar-refractivity contribution in [3.63, 3.8) is 0 Å². The molecule has 0 radical (unpaired) electrons. The van der Waals surface area contributed by atoms with Gasteiger partial charge in [0.05, 0.1) is 19.0 Å². The third kappa shape index (κ3) is 4.86. The van der Waals surface area contributed by atoms with Crippen LogP contribution in [0.2, 0.25) is 0 Å². The molecule has 114 valence electrons. The van der Waals surface area contributed by atoms with Crippen molar-refractivity contribution >= 4 is 33.2 Å². The molecule has 1 amide bonds. The molecule has 2 aromatic rings. The molecule has 4 nitrogen and oxygen atoms in total. The second-order valence-electron chi connectivity index (χ2n) is 4.75. The summed E-state index contributed by atoms with van der Waals surface area (Å²) >= 11 is 5.01. The van der Waals surface area contributed by atoms with Crippen molar-refractivity contribution in [2.24, 2.45) is 0 Å². The third-order valence-corrected chi connectivity index (χ3v) is 4.69. The average molecular weight is 379 g/mol. The van der Waals surface area contributed by atoms with Gasteiger partial charge in [0.1, 0.15) is 5.75 Å². The van der Waals surface area contributed by atoms with Crippen LogP contribution in [0.3, 0.4) is 0 Å². The Bertz CT molecular complexity index is 676. The van der Waals surface area contributed by atoms with E-state index < -0.39 is 0 Å². The van der Waals surface area contributed by atoms with Gasteiger partial charge in [-0.2, -0.15) is 5.26 Å². The fourth-order valence-corrected chi connectivity index (χ4v) is 3.31. The van der Waals surface area contributed by atoms with Crippen LogP contribution in [0.4, 0.5) is 0 Å². The minimum atomic E-state index is -0.0781. The maximum absolute atomic E-state index is 12.0. The summed E-state index contributed by atoms with van der Waals surface area (Å²) in [6.07, 6.45) is 0.373. The van der Waals surface area contributed by atoms with Crippen LogP contribution >= 0.6 is 27.3 Å². The summed E-state index contributed by atoms with van der Waals surface area (Å²) in [7, 11) is 1.76. The van der Waals surface area contributed by atoms with Crippen molar-refractivity contribution in [1.82, 2.24) is 4.90 Å². The fraction of sp³-hybridized carbons (Fsp3) is 0.250. The fourth-order valence-electron chi connectivity index (χ4n) is 1.81. The number of ether oxygens (including phenoxy) is 1. The Morgan fingerprint density at radius 2 is 2.14 bits per heavy atom. The predicted molar refractivity (Wildman–Crippen MR) is 89.7 cm³/mol. The first kappa shape index (κ1) is 16.5. The number of nitriles is 1. The van der Waals surface area contributed by atoms with Gasteiger partial charge >= 0.3 is 0 Å². The molecule has 1 aromatic carbocycles. The van der Waals surface area contributed by atoms with E-state index in [1.807, 2.05) is 23.6 Å². The smallest absolute Gasteiger partial charge is 0.260 e. The van der Waals surface area contributed by atoms with E-state index in [0.29, 0.717) is 18.7 Å². The van der Waals surface area contributed by atoms with Crippen molar-refractivity contribution < 1.29 is 9.53 Å². The number of likely N-dealkylation sites (N-methyl/N-ethyl adjacent to an activating group) is 1. The summed E-state index contributed by atoms with van der Waals surface area (Å²) in [6, 6.07) is 11.3. The SMILES string of the molecule is CN(Cc1cc(Br)cs1)C(=O)COc1ccc(CC#N)cc1. The van der Waals surface area contributed by atoms with Gasteiger partial charge in [-0.25, -0.2) is 0 Å². The van der Waals surface area contributed by atoms with Crippen LogP contribution in [0.25, 0.3) is 0 Å². The lowest BCUT2D eigenvalue weighted by atomic mass is 10.2. The zero-order chi connectivity index (χ0) is 15.9. The molecule has 1 aromatic heterocycles. The van der Waals surface area contributed by atoms with Gasteiger partial charge in [-0.15, -0.1) is 11.3 Å². The lowest BCUT2D eigenvalue weighted by molar-refractivity contribution is -0.132. The molecule has 0 aliphatic heterocycles. The zero-order valence-electron chi connectivity index (χ0n) is 12.1. The molecule has 0 bridgehead atoms. The third-order valence-electron chi connectivity index (χ3n) is 3.01. The van der Waals surface area contributed by atoms with Crippen molar-refractivity contribution in [3.8, 4) is 11.8 Å². The minimum Gasteiger partial charge on any atom is -0.484 e. The quantitative estimate of drug-likeness (QED) is 0.771. The number of hydrogen-bond donors (Lipinski definition) is 0. The molecule has 0 aliphatic carbocycles. The van der Waals surface area contributed by atoms with E-state index in [1.54, 1.807) is 35.4 Å². The molecule has 0 spiro atoms. The number of hydrogen-bond acceptors (Lipinski definition) is 4. The van der Waals surface area contributed by atoms with Crippen molar-refractivity contribution in [3.05, 3.63) is 50.6 Å². The first-order chi connectivity index (χ1) is 10.6. The summed E-state index contributed by atoms with van der Waals surface area (Å²) in [5, 5.41) is 10.6. The Balaban J connectivity index is 1.82. The highest BCUT2D eigenvalue weighted by Gasteiger charge is 2.11. The number of benzene rings is 1. The van der Waals surface area contributed by atoms with Gasteiger partial charge in [0.2, 0.25) is 0 Å². The highest BCUT2D eigenvalue weighted by atomic mass is 79.9. The number of halogens is 1. The number of amides is 1. The van der Waals surface area contributed by atoms with E-state index in [4.69, 9.17) is 10.00 Å². The van der Waals surface area contributed by atoms with Crippen LogP contribution in [-0.4, -0.2) is 24.5 Å². The van der Waals surface area contributed by atoms with Crippen molar-refractivity contribution in [1.29, 1.82) is 5.26 Å². The predicted octanol–water partition coefficient (Wildman–Crippen LogP) is 3.61. The van der Waals surface area contributed by atoms with Gasteiger partial charge in [0.15, 0.2) is 6.61 Å². The second kappa shape index (κ2) is 7.97. The monoisotopic (exact) mass is 378 g/mol. The molecular formula is C16H15BrN2O2S. The van der Waals surface area contributed by atoms with Crippen molar-refractivity contribution in [2.45, 2.75) is 13.0 Å². The summed E-state index contributed by atoms with van der Waals surface area (Å²) in [6.45, 7) is 0.570. The number of nitrogens with zero attached hydrogens (tertiary/aromatic N) is 2. The first-order valence-corrected chi connectivity index (χ1v) is 8.31. The largest absolute Gasteiger partial charge is 0.484 e.